The van der Waals surface area contributed by atoms with Crippen molar-refractivity contribution in [3.8, 4) is 0 Å². The summed E-state index contributed by atoms with van der Waals surface area (Å²) < 4.78 is 4.82. The van der Waals surface area contributed by atoms with Gasteiger partial charge in [0.15, 0.2) is 0 Å². The minimum absolute atomic E-state index is 0.662. The van der Waals surface area contributed by atoms with Crippen LogP contribution >= 0.6 is 0 Å². The Balaban J connectivity index is 4.18. The van der Waals surface area contributed by atoms with E-state index >= 15 is 0 Å². The predicted molar refractivity (Wildman–Crippen MR) is 56.2 cm³/mol. The van der Waals surface area contributed by atoms with Crippen LogP contribution in [-0.2, 0) is 14.3 Å². The maximum absolute atomic E-state index is 11.1. The Morgan fingerprint density at radius 2 is 1.76 bits per heavy atom. The summed E-state index contributed by atoms with van der Waals surface area (Å²) in [6, 6.07) is -1.42. The molecule has 8 nitrogen and oxygen atoms in total. The molecule has 0 aromatic carbocycles. The van der Waals surface area contributed by atoms with Crippen molar-refractivity contribution >= 4 is 18.0 Å². The molecule has 0 aromatic heterocycles. The van der Waals surface area contributed by atoms with Gasteiger partial charge in [-0.15, -0.1) is 0 Å². The van der Waals surface area contributed by atoms with Gasteiger partial charge in [0.2, 0.25) is 0 Å². The van der Waals surface area contributed by atoms with Crippen molar-refractivity contribution in [2.24, 2.45) is 0 Å². The summed E-state index contributed by atoms with van der Waals surface area (Å²) in [6.07, 6.45) is -1.54. The van der Waals surface area contributed by atoms with Crippen LogP contribution in [0.5, 0.6) is 0 Å². The third-order valence-electron chi connectivity index (χ3n) is 1.42. The Kier molecular flexibility index (Phi) is 5.39. The highest BCUT2D eigenvalue weighted by Gasteiger charge is 2.22. The van der Waals surface area contributed by atoms with Gasteiger partial charge in [-0.1, -0.05) is 0 Å². The molecule has 0 saturated heterocycles. The van der Waals surface area contributed by atoms with Crippen LogP contribution in [-0.4, -0.2) is 39.9 Å². The van der Waals surface area contributed by atoms with Gasteiger partial charge in [-0.25, -0.2) is 10.2 Å². The van der Waals surface area contributed by atoms with Crippen molar-refractivity contribution in [1.82, 2.24) is 10.9 Å². The van der Waals surface area contributed by atoms with Crippen molar-refractivity contribution in [3.05, 3.63) is 0 Å². The summed E-state index contributed by atoms with van der Waals surface area (Å²) in [5, 5.41) is 17.1. The molecule has 0 radical (unpaired) electrons. The minimum atomic E-state index is -1.42. The average molecular weight is 248 g/mol. The number of nitrogens with one attached hydrogen (secondary N) is 2. The SMILES string of the molecule is CC(C)(C)OC(=O)NNC(CC(=O)O)C(=O)O. The first-order valence-electron chi connectivity index (χ1n) is 4.81. The molecule has 0 aliphatic heterocycles. The Bertz CT molecular complexity index is 309. The fraction of sp³-hybridized carbons (Fsp3) is 0.667. The molecule has 0 aromatic rings. The fourth-order valence-electron chi connectivity index (χ4n) is 0.824. The number of carbonyl (C=O) groups is 3. The number of hydrogen-bond donors (Lipinski definition) is 4. The number of hydrogen-bond acceptors (Lipinski definition) is 5. The number of aliphatic carboxylic acids is 2. The highest BCUT2D eigenvalue weighted by molar-refractivity contribution is 5.81. The molecule has 0 bridgehead atoms. The molecule has 0 aliphatic rings. The molecule has 4 N–H and O–H groups in total. The van der Waals surface area contributed by atoms with Crippen LogP contribution in [0, 0.1) is 0 Å². The predicted octanol–water partition coefficient (Wildman–Crippen LogP) is -0.0564. The van der Waals surface area contributed by atoms with Crippen molar-refractivity contribution in [2.75, 3.05) is 0 Å². The summed E-state index contributed by atoms with van der Waals surface area (Å²) in [4.78, 5) is 32.1. The first-order chi connectivity index (χ1) is 7.61. The lowest BCUT2D eigenvalue weighted by molar-refractivity contribution is -0.146. The first kappa shape index (κ1) is 15.2. The third kappa shape index (κ3) is 8.03. The van der Waals surface area contributed by atoms with Gasteiger partial charge in [0.1, 0.15) is 11.6 Å². The molecule has 0 aliphatic carbocycles. The zero-order valence-corrected chi connectivity index (χ0v) is 9.81. The van der Waals surface area contributed by atoms with Crippen LogP contribution in [0.15, 0.2) is 0 Å². The lowest BCUT2D eigenvalue weighted by Crippen LogP contribution is -2.50. The van der Waals surface area contributed by atoms with E-state index in [-0.39, 0.29) is 0 Å². The topological polar surface area (TPSA) is 125 Å². The zero-order chi connectivity index (χ0) is 13.6. The Morgan fingerprint density at radius 3 is 2.12 bits per heavy atom. The van der Waals surface area contributed by atoms with E-state index in [4.69, 9.17) is 14.9 Å². The van der Waals surface area contributed by atoms with Crippen LogP contribution < -0.4 is 10.9 Å². The highest BCUT2D eigenvalue weighted by Crippen LogP contribution is 2.06. The molecule has 17 heavy (non-hydrogen) atoms. The lowest BCUT2D eigenvalue weighted by Gasteiger charge is -2.21. The molecular weight excluding hydrogens is 232 g/mol. The van der Waals surface area contributed by atoms with E-state index in [1.807, 2.05) is 5.43 Å². The summed E-state index contributed by atoms with van der Waals surface area (Å²) in [7, 11) is 0. The van der Waals surface area contributed by atoms with Crippen molar-refractivity contribution in [2.45, 2.75) is 38.8 Å². The molecule has 0 fully saturated rings. The summed E-state index contributed by atoms with van der Waals surface area (Å²) in [5.41, 5.74) is 3.31. The summed E-state index contributed by atoms with van der Waals surface area (Å²) in [6.45, 7) is 4.91. The maximum atomic E-state index is 11.1. The molecule has 0 heterocycles. The van der Waals surface area contributed by atoms with Crippen LogP contribution in [0.4, 0.5) is 4.79 Å². The molecule has 0 rings (SSSR count). The Morgan fingerprint density at radius 1 is 1.24 bits per heavy atom. The number of rotatable bonds is 5. The first-order valence-corrected chi connectivity index (χ1v) is 4.81. The van der Waals surface area contributed by atoms with Gasteiger partial charge in [0.05, 0.1) is 6.42 Å². The number of carboxylic acid groups (broad SMARTS) is 2. The average Bonchev–Trinajstić information content (AvgIpc) is 2.08. The van der Waals surface area contributed by atoms with Gasteiger partial charge in [-0.05, 0) is 20.8 Å². The molecule has 1 atom stereocenters. The van der Waals surface area contributed by atoms with Crippen LogP contribution in [0.2, 0.25) is 0 Å². The van der Waals surface area contributed by atoms with E-state index in [0.717, 1.165) is 0 Å². The number of hydrazine groups is 1. The van der Waals surface area contributed by atoms with Crippen molar-refractivity contribution < 1.29 is 29.3 Å². The molecule has 8 heteroatoms. The van der Waals surface area contributed by atoms with Gasteiger partial charge < -0.3 is 14.9 Å². The van der Waals surface area contributed by atoms with Gasteiger partial charge in [-0.2, -0.15) is 0 Å². The number of amides is 1. The minimum Gasteiger partial charge on any atom is -0.481 e. The van der Waals surface area contributed by atoms with E-state index < -0.39 is 36.1 Å². The van der Waals surface area contributed by atoms with Gasteiger partial charge in [-0.3, -0.25) is 15.0 Å². The molecule has 0 spiro atoms. The molecular formula is C9H16N2O6. The quantitative estimate of drug-likeness (QED) is 0.502. The van der Waals surface area contributed by atoms with E-state index in [2.05, 4.69) is 5.43 Å². The second kappa shape index (κ2) is 6.04. The number of carbonyl (C=O) groups excluding carboxylic acids is 1. The monoisotopic (exact) mass is 248 g/mol. The second-order valence-electron chi connectivity index (χ2n) is 4.26. The molecule has 1 amide bonds. The van der Waals surface area contributed by atoms with E-state index in [0.29, 0.717) is 0 Å². The fourth-order valence-corrected chi connectivity index (χ4v) is 0.824. The molecule has 1 unspecified atom stereocenters. The van der Waals surface area contributed by atoms with Gasteiger partial charge in [0, 0.05) is 0 Å². The van der Waals surface area contributed by atoms with Gasteiger partial charge >= 0.3 is 18.0 Å². The zero-order valence-electron chi connectivity index (χ0n) is 9.81. The standard InChI is InChI=1S/C9H16N2O6/c1-9(2,3)17-8(16)11-10-5(7(14)15)4-6(12)13/h5,10H,4H2,1-3H3,(H,11,16)(H,12,13)(H,14,15). The molecule has 98 valence electrons. The lowest BCUT2D eigenvalue weighted by atomic mass is 10.2. The Hall–Kier alpha value is -1.83. The van der Waals surface area contributed by atoms with Crippen LogP contribution in [0.1, 0.15) is 27.2 Å². The van der Waals surface area contributed by atoms with Crippen molar-refractivity contribution in [3.63, 3.8) is 0 Å². The largest absolute Gasteiger partial charge is 0.481 e. The summed E-state index contributed by atoms with van der Waals surface area (Å²) >= 11 is 0. The van der Waals surface area contributed by atoms with Gasteiger partial charge in [0.25, 0.3) is 0 Å². The van der Waals surface area contributed by atoms with E-state index in [1.165, 1.54) is 0 Å². The smallest absolute Gasteiger partial charge is 0.422 e. The summed E-state index contributed by atoms with van der Waals surface area (Å²) in [5.74, 6) is -2.68. The normalized spacial score (nSPS) is 12.6. The second-order valence-corrected chi connectivity index (χ2v) is 4.26. The van der Waals surface area contributed by atoms with Crippen LogP contribution in [0.3, 0.4) is 0 Å². The number of ether oxygens (including phenoxy) is 1. The van der Waals surface area contributed by atoms with E-state index in [1.54, 1.807) is 20.8 Å². The van der Waals surface area contributed by atoms with E-state index in [9.17, 15) is 14.4 Å². The third-order valence-corrected chi connectivity index (χ3v) is 1.42. The Labute approximate surface area is 97.9 Å². The highest BCUT2D eigenvalue weighted by atomic mass is 16.6. The number of carboxylic acids is 2. The maximum Gasteiger partial charge on any atom is 0.422 e. The van der Waals surface area contributed by atoms with Crippen LogP contribution in [0.25, 0.3) is 0 Å². The van der Waals surface area contributed by atoms with Crippen molar-refractivity contribution in [1.29, 1.82) is 0 Å². The molecule has 0 saturated carbocycles.